The van der Waals surface area contributed by atoms with Crippen LogP contribution in [0.25, 0.3) is 0 Å². The summed E-state index contributed by atoms with van der Waals surface area (Å²) in [7, 11) is 0. The van der Waals surface area contributed by atoms with Crippen LogP contribution in [0.5, 0.6) is 5.75 Å². The number of amides is 2. The van der Waals surface area contributed by atoms with E-state index in [1.165, 1.54) is 0 Å². The van der Waals surface area contributed by atoms with E-state index >= 15 is 0 Å². The van der Waals surface area contributed by atoms with Crippen molar-refractivity contribution in [3.63, 3.8) is 0 Å². The maximum Gasteiger partial charge on any atom is 0.246 e. The number of carbonyl (C=O) groups is 2. The number of anilines is 1. The van der Waals surface area contributed by atoms with Gasteiger partial charge in [-0.05, 0) is 88.0 Å². The fourth-order valence-corrected chi connectivity index (χ4v) is 3.79. The summed E-state index contributed by atoms with van der Waals surface area (Å²) in [5.74, 6) is 0.0451. The third kappa shape index (κ3) is 21.2. The van der Waals surface area contributed by atoms with Gasteiger partial charge in [-0.25, -0.2) is 0 Å². The number of phenolic OH excluding ortho intramolecular Hbond substituents is 1. The number of hydrogen-bond acceptors (Lipinski definition) is 3. The van der Waals surface area contributed by atoms with Crippen LogP contribution in [0.4, 0.5) is 5.69 Å². The first-order chi connectivity index (χ1) is 20.3. The zero-order valence-corrected chi connectivity index (χ0v) is 26.9. The molecule has 3 N–H and O–H groups in total. The number of nitrogens with one attached hydrogen (secondary N) is 2. The Morgan fingerprint density at radius 1 is 0.786 bits per heavy atom. The molecule has 1 aromatic carbocycles. The minimum atomic E-state index is -0.605. The number of aromatic hydroxyl groups is 1. The van der Waals surface area contributed by atoms with Gasteiger partial charge in [-0.15, -0.1) is 0 Å². The van der Waals surface area contributed by atoms with E-state index < -0.39 is 6.04 Å². The number of carbonyl (C=O) groups excluding carboxylic acids is 2. The number of phenols is 1. The molecule has 5 nitrogen and oxygen atoms in total. The van der Waals surface area contributed by atoms with E-state index in [4.69, 9.17) is 0 Å². The second-order valence-electron chi connectivity index (χ2n) is 10.2. The van der Waals surface area contributed by atoms with E-state index in [0.717, 1.165) is 38.5 Å². The van der Waals surface area contributed by atoms with Crippen molar-refractivity contribution < 1.29 is 14.7 Å². The van der Waals surface area contributed by atoms with Crippen LogP contribution >= 0.6 is 0 Å². The van der Waals surface area contributed by atoms with Gasteiger partial charge in [0.1, 0.15) is 11.8 Å². The molecule has 0 saturated heterocycles. The molecule has 0 heterocycles. The maximum absolute atomic E-state index is 12.8. The van der Waals surface area contributed by atoms with Gasteiger partial charge >= 0.3 is 0 Å². The monoisotopic (exact) mass is 576 g/mol. The summed E-state index contributed by atoms with van der Waals surface area (Å²) in [5.41, 5.74) is 1.28. The normalized spacial score (nSPS) is 12.7. The first-order valence-corrected chi connectivity index (χ1v) is 15.6. The molecule has 42 heavy (non-hydrogen) atoms. The Kier molecular flexibility index (Phi) is 24.1. The summed E-state index contributed by atoms with van der Waals surface area (Å²) in [6, 6.07) is 4.30. The molecule has 0 fully saturated rings. The van der Waals surface area contributed by atoms with Crippen molar-refractivity contribution in [1.82, 2.24) is 5.32 Å². The Balaban J connectivity index is 0.00000821. The van der Waals surface area contributed by atoms with Crippen molar-refractivity contribution in [2.75, 3.05) is 5.32 Å². The average molecular weight is 577 g/mol. The van der Waals surface area contributed by atoms with Gasteiger partial charge < -0.3 is 15.7 Å². The average Bonchev–Trinajstić information content (AvgIpc) is 2.96. The quantitative estimate of drug-likeness (QED) is 0.113. The largest absolute Gasteiger partial charge is 0.508 e. The third-order valence-corrected chi connectivity index (χ3v) is 5.96. The summed E-state index contributed by atoms with van der Waals surface area (Å²) < 4.78 is 0. The van der Waals surface area contributed by atoms with E-state index in [2.05, 4.69) is 84.4 Å². The highest BCUT2D eigenvalue weighted by Gasteiger charge is 2.22. The van der Waals surface area contributed by atoms with Crippen LogP contribution in [0.2, 0.25) is 0 Å². The molecule has 0 aliphatic carbocycles. The zero-order chi connectivity index (χ0) is 31.4. The van der Waals surface area contributed by atoms with E-state index in [0.29, 0.717) is 30.5 Å². The highest BCUT2D eigenvalue weighted by atomic mass is 16.3. The number of hydrogen-bond donors (Lipinski definition) is 3. The first kappa shape index (κ1) is 38.4. The van der Waals surface area contributed by atoms with Crippen molar-refractivity contribution in [2.24, 2.45) is 5.92 Å². The molecule has 0 aliphatic heterocycles. The Labute approximate surface area is 256 Å². The fraction of sp³-hybridized carbons (Fsp3) is 0.459. The Hall–Kier alpha value is -3.60. The molecule has 0 radical (unpaired) electrons. The smallest absolute Gasteiger partial charge is 0.246 e. The van der Waals surface area contributed by atoms with Gasteiger partial charge in [0.25, 0.3) is 0 Å². The Bertz CT molecular complexity index is 1050. The van der Waals surface area contributed by atoms with Crippen LogP contribution in [0.15, 0.2) is 91.1 Å². The maximum atomic E-state index is 12.8. The van der Waals surface area contributed by atoms with E-state index in [-0.39, 0.29) is 23.5 Å². The SMILES string of the molecule is CC.CC/C=C\C/C=C\C/C=C\C/C=C\C/C=C\C/C=C\CCC(=O)NC(CC(C)C)C(=O)Nc1ccc(O)c(C)c1. The number of rotatable bonds is 19. The van der Waals surface area contributed by atoms with Gasteiger partial charge in [-0.2, -0.15) is 0 Å². The molecule has 1 rings (SSSR count). The van der Waals surface area contributed by atoms with Crippen LogP contribution in [0.3, 0.4) is 0 Å². The lowest BCUT2D eigenvalue weighted by atomic mass is 10.0. The number of benzene rings is 1. The molecule has 0 saturated carbocycles. The Morgan fingerprint density at radius 2 is 1.26 bits per heavy atom. The summed E-state index contributed by atoms with van der Waals surface area (Å²) >= 11 is 0. The van der Waals surface area contributed by atoms with Gasteiger partial charge in [-0.3, -0.25) is 9.59 Å². The van der Waals surface area contributed by atoms with E-state index in [1.807, 2.05) is 33.8 Å². The summed E-state index contributed by atoms with van der Waals surface area (Å²) in [6.45, 7) is 12.0. The molecule has 0 spiro atoms. The highest BCUT2D eigenvalue weighted by molar-refractivity contribution is 5.97. The summed E-state index contributed by atoms with van der Waals surface area (Å²) in [5, 5.41) is 15.4. The van der Waals surface area contributed by atoms with Crippen molar-refractivity contribution in [2.45, 2.75) is 105 Å². The molecule has 232 valence electrons. The van der Waals surface area contributed by atoms with Gasteiger partial charge in [-0.1, -0.05) is 108 Å². The highest BCUT2D eigenvalue weighted by Crippen LogP contribution is 2.20. The second kappa shape index (κ2) is 26.3. The molecule has 1 unspecified atom stereocenters. The number of allylic oxidation sites excluding steroid dienone is 12. The first-order valence-electron chi connectivity index (χ1n) is 15.6. The van der Waals surface area contributed by atoms with Gasteiger partial charge in [0.15, 0.2) is 0 Å². The molecule has 0 aromatic heterocycles. The Morgan fingerprint density at radius 3 is 1.71 bits per heavy atom. The lowest BCUT2D eigenvalue weighted by Crippen LogP contribution is -2.44. The van der Waals surface area contributed by atoms with Crippen LogP contribution in [-0.4, -0.2) is 23.0 Å². The number of aryl methyl sites for hydroxylation is 1. The second-order valence-corrected chi connectivity index (χ2v) is 10.2. The standard InChI is InChI=1S/C35H50N2O3.C2H6/c1-5-6-7-8-9-10-11-12-13-14-15-16-17-18-19-20-21-22-23-24-34(39)37-32(27-29(2)3)35(40)36-31-25-26-33(38)30(4)28-31;1-2/h6-7,9-10,12-13,15-16,18-19,21-22,25-26,28-29,32,38H,5,8,11,14,17,20,23-24,27H2,1-4H3,(H,36,40)(H,37,39);1-2H3/b7-6-,10-9-,13-12-,16-15-,19-18-,22-21-;. The third-order valence-electron chi connectivity index (χ3n) is 5.96. The molecular formula is C37H56N2O3. The van der Waals surface area contributed by atoms with Crippen molar-refractivity contribution in [1.29, 1.82) is 0 Å². The fourth-order valence-electron chi connectivity index (χ4n) is 3.79. The molecule has 5 heteroatoms. The van der Waals surface area contributed by atoms with Crippen LogP contribution < -0.4 is 10.6 Å². The lowest BCUT2D eigenvalue weighted by molar-refractivity contribution is -0.126. The molecule has 1 atom stereocenters. The molecule has 0 bridgehead atoms. The van der Waals surface area contributed by atoms with Gasteiger partial charge in [0, 0.05) is 12.1 Å². The predicted molar refractivity (Wildman–Crippen MR) is 182 cm³/mol. The van der Waals surface area contributed by atoms with Gasteiger partial charge in [0.05, 0.1) is 0 Å². The van der Waals surface area contributed by atoms with Crippen molar-refractivity contribution >= 4 is 17.5 Å². The molecule has 2 amide bonds. The zero-order valence-electron chi connectivity index (χ0n) is 26.9. The lowest BCUT2D eigenvalue weighted by Gasteiger charge is -2.20. The van der Waals surface area contributed by atoms with Crippen LogP contribution in [-0.2, 0) is 9.59 Å². The van der Waals surface area contributed by atoms with Crippen LogP contribution in [0, 0.1) is 12.8 Å². The minimum absolute atomic E-state index is 0.137. The van der Waals surface area contributed by atoms with E-state index in [9.17, 15) is 14.7 Å². The molecular weight excluding hydrogens is 520 g/mol. The van der Waals surface area contributed by atoms with Crippen molar-refractivity contribution in [3.05, 3.63) is 96.7 Å². The molecule has 1 aromatic rings. The summed E-state index contributed by atoms with van der Waals surface area (Å²) in [4.78, 5) is 25.3. The minimum Gasteiger partial charge on any atom is -0.508 e. The van der Waals surface area contributed by atoms with Crippen molar-refractivity contribution in [3.8, 4) is 5.75 Å². The predicted octanol–water partition coefficient (Wildman–Crippen LogP) is 9.67. The van der Waals surface area contributed by atoms with Gasteiger partial charge in [0.2, 0.25) is 11.8 Å². The van der Waals surface area contributed by atoms with Crippen LogP contribution in [0.1, 0.15) is 98.0 Å². The topological polar surface area (TPSA) is 78.4 Å². The molecule has 0 aliphatic rings. The van der Waals surface area contributed by atoms with E-state index in [1.54, 1.807) is 25.1 Å². The summed E-state index contributed by atoms with van der Waals surface area (Å²) in [6.07, 6.45) is 33.2.